The number of nitrogens with two attached hydrogens (primary N) is 1. The Balaban J connectivity index is 2.28. The highest BCUT2D eigenvalue weighted by atomic mass is 19.1. The summed E-state index contributed by atoms with van der Waals surface area (Å²) in [4.78, 5) is 11.2. The number of anilines is 1. The van der Waals surface area contributed by atoms with Gasteiger partial charge in [-0.05, 0) is 42.3 Å². The number of benzene rings is 2. The molecule has 21 heavy (non-hydrogen) atoms. The second-order valence-electron chi connectivity index (χ2n) is 4.76. The molecule has 1 atom stereocenters. The Morgan fingerprint density at radius 1 is 1.29 bits per heavy atom. The molecule has 0 radical (unpaired) electrons. The minimum atomic E-state index is -0.601. The van der Waals surface area contributed by atoms with E-state index in [0.29, 0.717) is 6.42 Å². The van der Waals surface area contributed by atoms with Gasteiger partial charge in [-0.1, -0.05) is 19.1 Å². The lowest BCUT2D eigenvalue weighted by Gasteiger charge is -2.19. The van der Waals surface area contributed by atoms with Crippen LogP contribution in [0.3, 0.4) is 0 Å². The molecule has 0 fully saturated rings. The number of halogens is 1. The van der Waals surface area contributed by atoms with E-state index in [2.05, 4.69) is 5.32 Å². The van der Waals surface area contributed by atoms with Crippen LogP contribution >= 0.6 is 0 Å². The van der Waals surface area contributed by atoms with Crippen LogP contribution in [0.2, 0.25) is 0 Å². The molecule has 2 aromatic rings. The smallest absolute Gasteiger partial charge is 0.248 e. The maximum Gasteiger partial charge on any atom is 0.248 e. The van der Waals surface area contributed by atoms with Crippen LogP contribution in [0, 0.1) is 5.82 Å². The number of hydrogen-bond donors (Lipinski definition) is 3. The van der Waals surface area contributed by atoms with E-state index in [4.69, 9.17) is 5.73 Å². The summed E-state index contributed by atoms with van der Waals surface area (Å²) >= 11 is 0. The zero-order chi connectivity index (χ0) is 15.4. The molecule has 0 aliphatic heterocycles. The summed E-state index contributed by atoms with van der Waals surface area (Å²) in [7, 11) is 0. The number of nitrogens with one attached hydrogen (secondary N) is 1. The maximum atomic E-state index is 13.9. The topological polar surface area (TPSA) is 75.3 Å². The molecule has 2 aromatic carbocycles. The quantitative estimate of drug-likeness (QED) is 0.791. The van der Waals surface area contributed by atoms with Crippen molar-refractivity contribution >= 4 is 11.6 Å². The lowest BCUT2D eigenvalue weighted by molar-refractivity contribution is 0.100. The van der Waals surface area contributed by atoms with E-state index in [0.717, 1.165) is 5.56 Å². The van der Waals surface area contributed by atoms with Gasteiger partial charge in [0, 0.05) is 5.56 Å². The van der Waals surface area contributed by atoms with Crippen LogP contribution in [-0.4, -0.2) is 11.0 Å². The lowest BCUT2D eigenvalue weighted by Crippen LogP contribution is -2.14. The number of phenols is 1. The SMILES string of the molecule is CCC(Nc1cc(C(N)=O)ccc1F)c1ccc(O)cc1. The zero-order valence-corrected chi connectivity index (χ0v) is 11.6. The van der Waals surface area contributed by atoms with Crippen molar-refractivity contribution in [1.29, 1.82) is 0 Å². The van der Waals surface area contributed by atoms with Crippen LogP contribution in [0.1, 0.15) is 35.3 Å². The van der Waals surface area contributed by atoms with Crippen molar-refractivity contribution in [1.82, 2.24) is 0 Å². The molecule has 0 saturated carbocycles. The third-order valence-corrected chi connectivity index (χ3v) is 3.28. The van der Waals surface area contributed by atoms with Crippen molar-refractivity contribution in [3.05, 3.63) is 59.4 Å². The van der Waals surface area contributed by atoms with E-state index in [1.807, 2.05) is 6.92 Å². The largest absolute Gasteiger partial charge is 0.508 e. The van der Waals surface area contributed by atoms with Gasteiger partial charge in [-0.3, -0.25) is 4.79 Å². The summed E-state index contributed by atoms with van der Waals surface area (Å²) in [5.41, 5.74) is 6.60. The molecule has 0 spiro atoms. The van der Waals surface area contributed by atoms with Gasteiger partial charge >= 0.3 is 0 Å². The van der Waals surface area contributed by atoms with E-state index in [9.17, 15) is 14.3 Å². The molecule has 5 heteroatoms. The van der Waals surface area contributed by atoms with Crippen LogP contribution in [0.5, 0.6) is 5.75 Å². The highest BCUT2D eigenvalue weighted by molar-refractivity contribution is 5.93. The molecule has 0 bridgehead atoms. The monoisotopic (exact) mass is 288 g/mol. The summed E-state index contributed by atoms with van der Waals surface area (Å²) in [5, 5.41) is 12.4. The van der Waals surface area contributed by atoms with E-state index < -0.39 is 11.7 Å². The van der Waals surface area contributed by atoms with Gasteiger partial charge in [-0.2, -0.15) is 0 Å². The minimum Gasteiger partial charge on any atom is -0.508 e. The van der Waals surface area contributed by atoms with Gasteiger partial charge in [0.15, 0.2) is 0 Å². The normalized spacial score (nSPS) is 11.9. The summed E-state index contributed by atoms with van der Waals surface area (Å²) < 4.78 is 13.9. The molecule has 0 heterocycles. The number of primary amides is 1. The Labute approximate surface area is 122 Å². The van der Waals surface area contributed by atoms with Crippen molar-refractivity contribution in [3.63, 3.8) is 0 Å². The summed E-state index contributed by atoms with van der Waals surface area (Å²) in [6.45, 7) is 1.96. The third kappa shape index (κ3) is 3.51. The fourth-order valence-corrected chi connectivity index (χ4v) is 2.10. The molecular formula is C16H17FN2O2. The standard InChI is InChI=1S/C16H17FN2O2/c1-2-14(10-3-6-12(20)7-4-10)19-15-9-11(16(18)21)5-8-13(15)17/h3-9,14,19-20H,2H2,1H3,(H2,18,21). The first-order valence-electron chi connectivity index (χ1n) is 6.66. The Kier molecular flexibility index (Phi) is 4.42. The number of hydrogen-bond acceptors (Lipinski definition) is 3. The molecule has 2 rings (SSSR count). The predicted molar refractivity (Wildman–Crippen MR) is 79.7 cm³/mol. The first kappa shape index (κ1) is 14.8. The molecule has 0 aliphatic carbocycles. The number of amides is 1. The molecule has 0 saturated heterocycles. The minimum absolute atomic E-state index is 0.136. The first-order chi connectivity index (χ1) is 10.0. The number of aromatic hydroxyl groups is 1. The third-order valence-electron chi connectivity index (χ3n) is 3.28. The Morgan fingerprint density at radius 3 is 2.52 bits per heavy atom. The number of carbonyl (C=O) groups excluding carboxylic acids is 1. The number of rotatable bonds is 5. The number of phenolic OH excluding ortho intramolecular Hbond substituents is 1. The van der Waals surface area contributed by atoms with Crippen molar-refractivity contribution < 1.29 is 14.3 Å². The average molecular weight is 288 g/mol. The first-order valence-corrected chi connectivity index (χ1v) is 6.66. The Hall–Kier alpha value is -2.56. The fraction of sp³-hybridized carbons (Fsp3) is 0.188. The van der Waals surface area contributed by atoms with Gasteiger partial charge in [0.25, 0.3) is 0 Å². The summed E-state index contributed by atoms with van der Waals surface area (Å²) in [6.07, 6.45) is 0.713. The van der Waals surface area contributed by atoms with Crippen LogP contribution in [0.25, 0.3) is 0 Å². The Morgan fingerprint density at radius 2 is 1.95 bits per heavy atom. The molecule has 1 unspecified atom stereocenters. The average Bonchev–Trinajstić information content (AvgIpc) is 2.47. The second-order valence-corrected chi connectivity index (χ2v) is 4.76. The van der Waals surface area contributed by atoms with E-state index in [1.54, 1.807) is 24.3 Å². The number of carbonyl (C=O) groups is 1. The molecule has 110 valence electrons. The molecule has 4 N–H and O–H groups in total. The van der Waals surface area contributed by atoms with E-state index in [-0.39, 0.29) is 23.0 Å². The molecular weight excluding hydrogens is 271 g/mol. The summed E-state index contributed by atoms with van der Waals surface area (Å²) in [6, 6.07) is 10.5. The van der Waals surface area contributed by atoms with Gasteiger partial charge in [-0.25, -0.2) is 4.39 Å². The Bertz CT molecular complexity index is 641. The van der Waals surface area contributed by atoms with Crippen molar-refractivity contribution in [3.8, 4) is 5.75 Å². The van der Waals surface area contributed by atoms with E-state index in [1.165, 1.54) is 18.2 Å². The van der Waals surface area contributed by atoms with Gasteiger partial charge in [-0.15, -0.1) is 0 Å². The second kappa shape index (κ2) is 6.26. The van der Waals surface area contributed by atoms with Gasteiger partial charge < -0.3 is 16.2 Å². The molecule has 0 aromatic heterocycles. The lowest BCUT2D eigenvalue weighted by atomic mass is 10.0. The van der Waals surface area contributed by atoms with Crippen LogP contribution in [-0.2, 0) is 0 Å². The zero-order valence-electron chi connectivity index (χ0n) is 11.6. The molecule has 4 nitrogen and oxygen atoms in total. The summed E-state index contributed by atoms with van der Waals surface area (Å²) in [5.74, 6) is -0.872. The van der Waals surface area contributed by atoms with Crippen LogP contribution in [0.4, 0.5) is 10.1 Å². The van der Waals surface area contributed by atoms with E-state index >= 15 is 0 Å². The highest BCUT2D eigenvalue weighted by Gasteiger charge is 2.13. The van der Waals surface area contributed by atoms with Crippen molar-refractivity contribution in [2.45, 2.75) is 19.4 Å². The van der Waals surface area contributed by atoms with Crippen molar-refractivity contribution in [2.24, 2.45) is 5.73 Å². The predicted octanol–water partition coefficient (Wildman–Crippen LogP) is 3.19. The highest BCUT2D eigenvalue weighted by Crippen LogP contribution is 2.26. The van der Waals surface area contributed by atoms with Crippen LogP contribution < -0.4 is 11.1 Å². The van der Waals surface area contributed by atoms with Gasteiger partial charge in [0.2, 0.25) is 5.91 Å². The van der Waals surface area contributed by atoms with Gasteiger partial charge in [0.1, 0.15) is 11.6 Å². The maximum absolute atomic E-state index is 13.9. The van der Waals surface area contributed by atoms with Crippen molar-refractivity contribution in [2.75, 3.05) is 5.32 Å². The molecule has 1 amide bonds. The van der Waals surface area contributed by atoms with Gasteiger partial charge in [0.05, 0.1) is 11.7 Å². The molecule has 0 aliphatic rings. The fourth-order valence-electron chi connectivity index (χ4n) is 2.10. The van der Waals surface area contributed by atoms with Crippen LogP contribution in [0.15, 0.2) is 42.5 Å².